The molecule has 0 radical (unpaired) electrons. The molecule has 0 bridgehead atoms. The van der Waals surface area contributed by atoms with Crippen molar-refractivity contribution >= 4 is 0 Å². The molecule has 0 aromatic rings. The number of hydrogen-bond donors (Lipinski definition) is 1. The molecule has 1 saturated heterocycles. The summed E-state index contributed by atoms with van der Waals surface area (Å²) in [5.41, 5.74) is -0.115. The second-order valence-corrected chi connectivity index (χ2v) is 4.22. The van der Waals surface area contributed by atoms with Crippen LogP contribution in [0.25, 0.3) is 0 Å². The summed E-state index contributed by atoms with van der Waals surface area (Å²) in [6, 6.07) is 0. The summed E-state index contributed by atoms with van der Waals surface area (Å²) in [5.74, 6) is 0. The molecule has 1 heterocycles. The molecule has 2 atom stereocenters. The zero-order valence-electron chi connectivity index (χ0n) is 8.04. The third-order valence-corrected chi connectivity index (χ3v) is 1.73. The van der Waals surface area contributed by atoms with Crippen molar-refractivity contribution in [3.8, 4) is 0 Å². The first-order chi connectivity index (χ1) is 5.47. The lowest BCUT2D eigenvalue weighted by molar-refractivity contribution is -0.188. The fourth-order valence-electron chi connectivity index (χ4n) is 1.31. The minimum absolute atomic E-state index is 0.115. The summed E-state index contributed by atoms with van der Waals surface area (Å²) < 4.78 is 10.8. The van der Waals surface area contributed by atoms with E-state index in [9.17, 15) is 0 Å². The van der Waals surface area contributed by atoms with E-state index in [-0.39, 0.29) is 11.7 Å². The van der Waals surface area contributed by atoms with Gasteiger partial charge in [0.15, 0.2) is 6.29 Å². The molecule has 3 heteroatoms. The average Bonchev–Trinajstić information content (AvgIpc) is 1.91. The molecular weight excluding hydrogens is 156 g/mol. The molecule has 1 N–H and O–H groups in total. The number of aliphatic hydroxyl groups is 1. The molecule has 0 unspecified atom stereocenters. The van der Waals surface area contributed by atoms with Crippen LogP contribution >= 0.6 is 0 Å². The van der Waals surface area contributed by atoms with Gasteiger partial charge in [-0.1, -0.05) is 0 Å². The average molecular weight is 174 g/mol. The van der Waals surface area contributed by atoms with E-state index in [0.29, 0.717) is 13.0 Å². The summed E-state index contributed by atoms with van der Waals surface area (Å²) in [7, 11) is 0. The van der Waals surface area contributed by atoms with Crippen molar-refractivity contribution in [2.45, 2.75) is 51.6 Å². The molecular formula is C9H18O3. The minimum atomic E-state index is -0.579. The lowest BCUT2D eigenvalue weighted by atomic mass is 10.1. The minimum Gasteiger partial charge on any atom is -0.370 e. The van der Waals surface area contributed by atoms with E-state index in [4.69, 9.17) is 14.6 Å². The van der Waals surface area contributed by atoms with Crippen molar-refractivity contribution in [1.29, 1.82) is 0 Å². The van der Waals surface area contributed by atoms with Crippen LogP contribution in [0.1, 0.15) is 33.6 Å². The Labute approximate surface area is 73.7 Å². The molecule has 0 spiro atoms. The highest BCUT2D eigenvalue weighted by Crippen LogP contribution is 2.19. The van der Waals surface area contributed by atoms with Gasteiger partial charge in [0, 0.05) is 6.42 Å². The Balaban J connectivity index is 2.26. The standard InChI is InChI=1S/C9H18O3/c1-9(2,3)12-7-4-5-8(10)11-6-7/h7-8,10H,4-6H2,1-3H3/t7-,8+/m1/s1. The highest BCUT2D eigenvalue weighted by Gasteiger charge is 2.24. The van der Waals surface area contributed by atoms with Gasteiger partial charge in [0.25, 0.3) is 0 Å². The Morgan fingerprint density at radius 3 is 2.42 bits per heavy atom. The summed E-state index contributed by atoms with van der Waals surface area (Å²) in [6.45, 7) is 6.59. The lowest BCUT2D eigenvalue weighted by Gasteiger charge is -2.31. The molecule has 1 aliphatic rings. The Kier molecular flexibility index (Phi) is 3.09. The lowest BCUT2D eigenvalue weighted by Crippen LogP contribution is -2.36. The molecule has 0 aliphatic carbocycles. The van der Waals surface area contributed by atoms with Crippen LogP contribution in [0.4, 0.5) is 0 Å². The highest BCUT2D eigenvalue weighted by molar-refractivity contribution is 4.69. The largest absolute Gasteiger partial charge is 0.370 e. The topological polar surface area (TPSA) is 38.7 Å². The van der Waals surface area contributed by atoms with Gasteiger partial charge in [-0.2, -0.15) is 0 Å². The normalized spacial score (nSPS) is 32.0. The first-order valence-electron chi connectivity index (χ1n) is 4.45. The molecule has 1 rings (SSSR count). The van der Waals surface area contributed by atoms with E-state index in [1.165, 1.54) is 0 Å². The maximum atomic E-state index is 9.05. The monoisotopic (exact) mass is 174 g/mol. The van der Waals surface area contributed by atoms with Crippen molar-refractivity contribution in [2.24, 2.45) is 0 Å². The van der Waals surface area contributed by atoms with Gasteiger partial charge in [0.1, 0.15) is 0 Å². The molecule has 1 fully saturated rings. The van der Waals surface area contributed by atoms with Crippen LogP contribution in [0.2, 0.25) is 0 Å². The van der Waals surface area contributed by atoms with Gasteiger partial charge in [-0.25, -0.2) is 0 Å². The smallest absolute Gasteiger partial charge is 0.154 e. The van der Waals surface area contributed by atoms with Crippen molar-refractivity contribution in [1.82, 2.24) is 0 Å². The van der Waals surface area contributed by atoms with E-state index >= 15 is 0 Å². The van der Waals surface area contributed by atoms with Crippen LogP contribution in [-0.4, -0.2) is 29.7 Å². The fourth-order valence-corrected chi connectivity index (χ4v) is 1.31. The predicted octanol–water partition coefficient (Wildman–Crippen LogP) is 1.30. The first-order valence-corrected chi connectivity index (χ1v) is 4.45. The molecule has 72 valence electrons. The van der Waals surface area contributed by atoms with Crippen LogP contribution in [0.3, 0.4) is 0 Å². The second-order valence-electron chi connectivity index (χ2n) is 4.22. The van der Waals surface area contributed by atoms with Gasteiger partial charge in [0.05, 0.1) is 18.3 Å². The van der Waals surface area contributed by atoms with E-state index in [0.717, 1.165) is 6.42 Å². The van der Waals surface area contributed by atoms with E-state index in [1.54, 1.807) is 0 Å². The van der Waals surface area contributed by atoms with Gasteiger partial charge < -0.3 is 14.6 Å². The molecule has 1 aliphatic heterocycles. The van der Waals surface area contributed by atoms with E-state index in [1.807, 2.05) is 20.8 Å². The second kappa shape index (κ2) is 3.73. The van der Waals surface area contributed by atoms with Gasteiger partial charge in [-0.05, 0) is 27.2 Å². The van der Waals surface area contributed by atoms with E-state index < -0.39 is 6.29 Å². The number of ether oxygens (including phenoxy) is 2. The van der Waals surface area contributed by atoms with Crippen LogP contribution < -0.4 is 0 Å². The quantitative estimate of drug-likeness (QED) is 0.651. The van der Waals surface area contributed by atoms with Crippen molar-refractivity contribution in [2.75, 3.05) is 6.61 Å². The Bertz CT molecular complexity index is 131. The SMILES string of the molecule is CC(C)(C)O[C@@H]1CC[C@@H](O)OC1. The first kappa shape index (κ1) is 9.96. The number of rotatable bonds is 1. The van der Waals surface area contributed by atoms with Gasteiger partial charge >= 0.3 is 0 Å². The van der Waals surface area contributed by atoms with Crippen molar-refractivity contribution < 1.29 is 14.6 Å². The van der Waals surface area contributed by atoms with Crippen LogP contribution in [-0.2, 0) is 9.47 Å². The maximum Gasteiger partial charge on any atom is 0.154 e. The van der Waals surface area contributed by atoms with Crippen molar-refractivity contribution in [3.63, 3.8) is 0 Å². The third-order valence-electron chi connectivity index (χ3n) is 1.73. The predicted molar refractivity (Wildman–Crippen MR) is 45.8 cm³/mol. The molecule has 12 heavy (non-hydrogen) atoms. The summed E-state index contributed by atoms with van der Waals surface area (Å²) in [6.07, 6.45) is 1.14. The van der Waals surface area contributed by atoms with Crippen molar-refractivity contribution in [3.05, 3.63) is 0 Å². The highest BCUT2D eigenvalue weighted by atomic mass is 16.6. The maximum absolute atomic E-state index is 9.05. The van der Waals surface area contributed by atoms with E-state index in [2.05, 4.69) is 0 Å². The zero-order chi connectivity index (χ0) is 9.19. The number of hydrogen-bond acceptors (Lipinski definition) is 3. The van der Waals surface area contributed by atoms with Gasteiger partial charge in [0.2, 0.25) is 0 Å². The van der Waals surface area contributed by atoms with Crippen LogP contribution in [0.5, 0.6) is 0 Å². The van der Waals surface area contributed by atoms with Gasteiger partial charge in [-0.3, -0.25) is 0 Å². The summed E-state index contributed by atoms with van der Waals surface area (Å²) >= 11 is 0. The van der Waals surface area contributed by atoms with Crippen LogP contribution in [0, 0.1) is 0 Å². The Hall–Kier alpha value is -0.120. The third kappa shape index (κ3) is 3.52. The summed E-state index contributed by atoms with van der Waals surface area (Å²) in [5, 5.41) is 9.05. The molecule has 0 amide bonds. The molecule has 3 nitrogen and oxygen atoms in total. The molecule has 0 saturated carbocycles. The Morgan fingerprint density at radius 1 is 1.33 bits per heavy atom. The molecule has 0 aromatic carbocycles. The summed E-state index contributed by atoms with van der Waals surface area (Å²) in [4.78, 5) is 0. The number of aliphatic hydroxyl groups excluding tert-OH is 1. The van der Waals surface area contributed by atoms with Gasteiger partial charge in [-0.15, -0.1) is 0 Å². The Morgan fingerprint density at radius 2 is 2.00 bits per heavy atom. The fraction of sp³-hybridized carbons (Fsp3) is 1.00. The van der Waals surface area contributed by atoms with Crippen LogP contribution in [0.15, 0.2) is 0 Å². The zero-order valence-corrected chi connectivity index (χ0v) is 8.04. The molecule has 0 aromatic heterocycles.